The van der Waals surface area contributed by atoms with E-state index in [2.05, 4.69) is 16.3 Å². The van der Waals surface area contributed by atoms with Gasteiger partial charge in [0, 0.05) is 13.1 Å². The van der Waals surface area contributed by atoms with Crippen LogP contribution in [0.4, 0.5) is 11.5 Å². The Balaban J connectivity index is 2.10. The number of nitrogens with zero attached hydrogens (tertiary/aromatic N) is 2. The second kappa shape index (κ2) is 3.64. The topological polar surface area (TPSA) is 42.1 Å². The van der Waals surface area contributed by atoms with E-state index in [-0.39, 0.29) is 0 Å². The van der Waals surface area contributed by atoms with Gasteiger partial charge in [-0.25, -0.2) is 4.98 Å². The van der Waals surface area contributed by atoms with E-state index in [1.807, 2.05) is 12.1 Å². The van der Waals surface area contributed by atoms with Gasteiger partial charge >= 0.3 is 0 Å². The first-order chi connectivity index (χ1) is 6.36. The molecule has 0 aliphatic carbocycles. The molecule has 1 saturated heterocycles. The van der Waals surface area contributed by atoms with Crippen molar-refractivity contribution >= 4 is 11.5 Å². The predicted octanol–water partition coefficient (Wildman–Crippen LogP) is 1.47. The lowest BCUT2D eigenvalue weighted by molar-refractivity contribution is 0.665. The van der Waals surface area contributed by atoms with Crippen LogP contribution in [0.1, 0.15) is 12.8 Å². The van der Waals surface area contributed by atoms with Crippen molar-refractivity contribution in [2.24, 2.45) is 0 Å². The first kappa shape index (κ1) is 8.35. The maximum atomic E-state index is 5.57. The van der Waals surface area contributed by atoms with Crippen LogP contribution < -0.4 is 10.6 Å². The van der Waals surface area contributed by atoms with E-state index in [9.17, 15) is 0 Å². The fourth-order valence-electron chi connectivity index (χ4n) is 1.56. The molecule has 3 heteroatoms. The normalized spacial score (nSPS) is 17.4. The van der Waals surface area contributed by atoms with Crippen LogP contribution in [0.25, 0.3) is 0 Å². The van der Waals surface area contributed by atoms with E-state index >= 15 is 0 Å². The summed E-state index contributed by atoms with van der Waals surface area (Å²) in [6.45, 7) is 2.12. The molecular weight excluding hydrogens is 162 g/mol. The highest BCUT2D eigenvalue weighted by Gasteiger charge is 2.11. The smallest absolute Gasteiger partial charge is 0.128 e. The van der Waals surface area contributed by atoms with E-state index in [0.717, 1.165) is 24.6 Å². The lowest BCUT2D eigenvalue weighted by atomic mass is 10.1. The standard InChI is InChI=1S/C10H14N3/c11-9-4-5-10(12-8-9)13-6-2-1-3-7-13/h2,4-5,8H,1,3,6-7,11H2. The Bertz CT molecular complexity index is 262. The third-order valence-electron chi connectivity index (χ3n) is 2.28. The van der Waals surface area contributed by atoms with Gasteiger partial charge < -0.3 is 10.6 Å². The number of piperidine rings is 1. The molecule has 0 bridgehead atoms. The van der Waals surface area contributed by atoms with Crippen molar-refractivity contribution in [3.05, 3.63) is 24.8 Å². The molecular formula is C10H14N3. The largest absolute Gasteiger partial charge is 0.397 e. The number of nitrogen functional groups attached to an aromatic ring is 1. The zero-order chi connectivity index (χ0) is 9.10. The van der Waals surface area contributed by atoms with Gasteiger partial charge in [0.2, 0.25) is 0 Å². The van der Waals surface area contributed by atoms with Crippen molar-refractivity contribution < 1.29 is 0 Å². The average Bonchev–Trinajstić information content (AvgIpc) is 2.20. The molecule has 1 fully saturated rings. The minimum Gasteiger partial charge on any atom is -0.397 e. The van der Waals surface area contributed by atoms with Gasteiger partial charge in [-0.15, -0.1) is 0 Å². The molecule has 0 aromatic carbocycles. The summed E-state index contributed by atoms with van der Waals surface area (Å²) in [5.41, 5.74) is 6.29. The van der Waals surface area contributed by atoms with E-state index < -0.39 is 0 Å². The number of pyridine rings is 1. The summed E-state index contributed by atoms with van der Waals surface area (Å²) in [5, 5.41) is 0. The highest BCUT2D eigenvalue weighted by molar-refractivity contribution is 5.46. The molecule has 0 spiro atoms. The molecule has 0 amide bonds. The zero-order valence-electron chi connectivity index (χ0n) is 7.61. The zero-order valence-corrected chi connectivity index (χ0v) is 7.61. The van der Waals surface area contributed by atoms with E-state index in [4.69, 9.17) is 5.73 Å². The quantitative estimate of drug-likeness (QED) is 0.704. The van der Waals surface area contributed by atoms with Gasteiger partial charge in [-0.2, -0.15) is 0 Å². The Morgan fingerprint density at radius 1 is 1.38 bits per heavy atom. The fraction of sp³-hybridized carbons (Fsp3) is 0.400. The van der Waals surface area contributed by atoms with Gasteiger partial charge in [-0.1, -0.05) is 0 Å². The van der Waals surface area contributed by atoms with Gasteiger partial charge in [0.15, 0.2) is 0 Å². The number of aromatic nitrogens is 1. The summed E-state index contributed by atoms with van der Waals surface area (Å²) in [6, 6.07) is 3.88. The Morgan fingerprint density at radius 3 is 2.92 bits per heavy atom. The Hall–Kier alpha value is -1.25. The van der Waals surface area contributed by atoms with Crippen LogP contribution in [0.15, 0.2) is 18.3 Å². The summed E-state index contributed by atoms with van der Waals surface area (Å²) >= 11 is 0. The number of rotatable bonds is 1. The maximum Gasteiger partial charge on any atom is 0.128 e. The van der Waals surface area contributed by atoms with E-state index in [0.29, 0.717) is 0 Å². The molecule has 0 unspecified atom stereocenters. The molecule has 13 heavy (non-hydrogen) atoms. The third-order valence-corrected chi connectivity index (χ3v) is 2.28. The predicted molar refractivity (Wildman–Crippen MR) is 54.4 cm³/mol. The summed E-state index contributed by atoms with van der Waals surface area (Å²) in [5.74, 6) is 1.03. The molecule has 2 N–H and O–H groups in total. The Morgan fingerprint density at radius 2 is 2.31 bits per heavy atom. The van der Waals surface area contributed by atoms with Crippen molar-refractivity contribution in [3.63, 3.8) is 0 Å². The number of nitrogens with two attached hydrogens (primary N) is 1. The van der Waals surface area contributed by atoms with Crippen LogP contribution in [0, 0.1) is 6.42 Å². The van der Waals surface area contributed by atoms with Crippen molar-refractivity contribution in [2.75, 3.05) is 23.7 Å². The van der Waals surface area contributed by atoms with Crippen LogP contribution in [0.5, 0.6) is 0 Å². The minimum absolute atomic E-state index is 0.727. The third kappa shape index (κ3) is 1.91. The Labute approximate surface area is 78.6 Å². The fourth-order valence-corrected chi connectivity index (χ4v) is 1.56. The number of hydrogen-bond acceptors (Lipinski definition) is 3. The molecule has 1 aliphatic rings. The van der Waals surface area contributed by atoms with Crippen molar-refractivity contribution in [1.29, 1.82) is 0 Å². The second-order valence-electron chi connectivity index (χ2n) is 3.33. The van der Waals surface area contributed by atoms with Gasteiger partial charge in [-0.3, -0.25) is 0 Å². The van der Waals surface area contributed by atoms with Crippen LogP contribution in [-0.4, -0.2) is 18.1 Å². The molecule has 0 atom stereocenters. The maximum absolute atomic E-state index is 5.57. The summed E-state index contributed by atoms with van der Waals surface area (Å²) in [7, 11) is 0. The summed E-state index contributed by atoms with van der Waals surface area (Å²) < 4.78 is 0. The molecule has 3 nitrogen and oxygen atoms in total. The van der Waals surface area contributed by atoms with E-state index in [1.54, 1.807) is 6.20 Å². The van der Waals surface area contributed by atoms with Crippen LogP contribution in [0.3, 0.4) is 0 Å². The number of hydrogen-bond donors (Lipinski definition) is 1. The van der Waals surface area contributed by atoms with Crippen LogP contribution >= 0.6 is 0 Å². The lowest BCUT2D eigenvalue weighted by Gasteiger charge is -2.27. The molecule has 1 radical (unpaired) electrons. The Kier molecular flexibility index (Phi) is 2.34. The van der Waals surface area contributed by atoms with E-state index in [1.165, 1.54) is 12.8 Å². The SMILES string of the molecule is Nc1ccc(N2C[CH]CCC2)nc1. The van der Waals surface area contributed by atoms with Crippen LogP contribution in [-0.2, 0) is 0 Å². The molecule has 1 aliphatic heterocycles. The molecule has 1 aromatic heterocycles. The molecule has 0 saturated carbocycles. The van der Waals surface area contributed by atoms with Gasteiger partial charge in [0.25, 0.3) is 0 Å². The van der Waals surface area contributed by atoms with Crippen molar-refractivity contribution in [2.45, 2.75) is 12.8 Å². The average molecular weight is 176 g/mol. The second-order valence-corrected chi connectivity index (χ2v) is 3.33. The van der Waals surface area contributed by atoms with Crippen molar-refractivity contribution in [1.82, 2.24) is 4.98 Å². The summed E-state index contributed by atoms with van der Waals surface area (Å²) in [4.78, 5) is 6.55. The van der Waals surface area contributed by atoms with Gasteiger partial charge in [0.1, 0.15) is 5.82 Å². The minimum atomic E-state index is 0.727. The van der Waals surface area contributed by atoms with Gasteiger partial charge in [0.05, 0.1) is 11.9 Å². The number of anilines is 2. The lowest BCUT2D eigenvalue weighted by Crippen LogP contribution is -2.30. The van der Waals surface area contributed by atoms with Crippen LogP contribution in [0.2, 0.25) is 0 Å². The molecule has 2 heterocycles. The molecule has 69 valence electrons. The summed E-state index contributed by atoms with van der Waals surface area (Å²) in [6.07, 6.45) is 6.46. The van der Waals surface area contributed by atoms with Crippen molar-refractivity contribution in [3.8, 4) is 0 Å². The highest BCUT2D eigenvalue weighted by atomic mass is 15.2. The molecule has 2 rings (SSSR count). The molecule has 1 aromatic rings. The monoisotopic (exact) mass is 176 g/mol. The highest BCUT2D eigenvalue weighted by Crippen LogP contribution is 2.17. The first-order valence-corrected chi connectivity index (χ1v) is 4.64. The van der Waals surface area contributed by atoms with Gasteiger partial charge in [-0.05, 0) is 31.4 Å². The first-order valence-electron chi connectivity index (χ1n) is 4.64.